The largest absolute Gasteiger partial charge is 0.481 e. The van der Waals surface area contributed by atoms with Gasteiger partial charge < -0.3 is 4.74 Å². The van der Waals surface area contributed by atoms with Crippen molar-refractivity contribution < 1.29 is 23.2 Å². The number of aromatic nitrogens is 1. The smallest absolute Gasteiger partial charge is 0.286 e. The van der Waals surface area contributed by atoms with Gasteiger partial charge in [-0.1, -0.05) is 0 Å². The first-order chi connectivity index (χ1) is 7.51. The minimum absolute atomic E-state index is 0.0248. The average molecular weight is 232 g/mol. The molecule has 1 heterocycles. The second kappa shape index (κ2) is 4.60. The number of ether oxygens (including phenoxy) is 1. The number of alkyl halides is 2. The molecule has 0 N–H and O–H groups in total. The van der Waals surface area contributed by atoms with E-state index in [-0.39, 0.29) is 12.2 Å². The molecule has 0 aliphatic rings. The van der Waals surface area contributed by atoms with E-state index in [9.17, 15) is 23.7 Å². The van der Waals surface area contributed by atoms with Crippen LogP contribution in [0.3, 0.4) is 0 Å². The van der Waals surface area contributed by atoms with Crippen molar-refractivity contribution in [2.45, 2.75) is 6.43 Å². The molecule has 0 aromatic carbocycles. The summed E-state index contributed by atoms with van der Waals surface area (Å²) in [6, 6.07) is 0.745. The molecule has 1 aromatic rings. The summed E-state index contributed by atoms with van der Waals surface area (Å²) < 4.78 is 29.6. The molecule has 0 spiro atoms. The molecule has 0 saturated carbocycles. The quantitative estimate of drug-likeness (QED) is 0.448. The molecule has 0 bridgehead atoms. The molecular weight excluding hydrogens is 226 g/mol. The summed E-state index contributed by atoms with van der Waals surface area (Å²) >= 11 is 0. The number of rotatable bonds is 4. The lowest BCUT2D eigenvalue weighted by Crippen LogP contribution is -2.05. The summed E-state index contributed by atoms with van der Waals surface area (Å²) in [5.74, 6) is -0.266. The molecule has 0 aliphatic heterocycles. The van der Waals surface area contributed by atoms with Gasteiger partial charge in [-0.05, 0) is 0 Å². The minimum Gasteiger partial charge on any atom is -0.481 e. The van der Waals surface area contributed by atoms with Crippen LogP contribution in [0.5, 0.6) is 5.88 Å². The lowest BCUT2D eigenvalue weighted by molar-refractivity contribution is -0.386. The summed E-state index contributed by atoms with van der Waals surface area (Å²) in [6.45, 7) is 0. The van der Waals surface area contributed by atoms with E-state index in [4.69, 9.17) is 0 Å². The lowest BCUT2D eigenvalue weighted by Gasteiger charge is -2.06. The third-order valence-corrected chi connectivity index (χ3v) is 1.78. The number of pyridine rings is 1. The molecule has 0 amide bonds. The van der Waals surface area contributed by atoms with Crippen molar-refractivity contribution in [3.63, 3.8) is 0 Å². The number of hydrogen-bond acceptors (Lipinski definition) is 5. The van der Waals surface area contributed by atoms with Gasteiger partial charge in [0.1, 0.15) is 11.3 Å². The maximum Gasteiger partial charge on any atom is 0.286 e. The molecule has 0 radical (unpaired) electrons. The van der Waals surface area contributed by atoms with E-state index in [2.05, 4.69) is 9.72 Å². The number of nitrogens with zero attached hydrogens (tertiary/aromatic N) is 2. The van der Waals surface area contributed by atoms with Crippen LogP contribution < -0.4 is 4.74 Å². The Balaban J connectivity index is 3.53. The van der Waals surface area contributed by atoms with Crippen LogP contribution in [0.1, 0.15) is 22.5 Å². The van der Waals surface area contributed by atoms with E-state index in [0.717, 1.165) is 13.2 Å². The van der Waals surface area contributed by atoms with Crippen molar-refractivity contribution >= 4 is 12.0 Å². The minimum atomic E-state index is -3.15. The Hall–Kier alpha value is -2.12. The van der Waals surface area contributed by atoms with E-state index < -0.39 is 28.3 Å². The van der Waals surface area contributed by atoms with E-state index in [1.807, 2.05) is 0 Å². The number of carbonyl (C=O) groups excluding carboxylic acids is 1. The molecule has 1 aromatic heterocycles. The van der Waals surface area contributed by atoms with Crippen molar-refractivity contribution in [1.82, 2.24) is 4.98 Å². The molecule has 1 rings (SSSR count). The second-order valence-electron chi connectivity index (χ2n) is 2.66. The predicted molar refractivity (Wildman–Crippen MR) is 47.8 cm³/mol. The summed E-state index contributed by atoms with van der Waals surface area (Å²) in [7, 11) is 1.16. The van der Waals surface area contributed by atoms with E-state index in [1.165, 1.54) is 0 Å². The van der Waals surface area contributed by atoms with Gasteiger partial charge in [0.15, 0.2) is 6.29 Å². The Morgan fingerprint density at radius 2 is 2.25 bits per heavy atom. The Morgan fingerprint density at radius 1 is 1.62 bits per heavy atom. The second-order valence-corrected chi connectivity index (χ2v) is 2.66. The zero-order valence-electron chi connectivity index (χ0n) is 8.02. The van der Waals surface area contributed by atoms with E-state index >= 15 is 0 Å². The monoisotopic (exact) mass is 232 g/mol. The van der Waals surface area contributed by atoms with Crippen molar-refractivity contribution in [2.24, 2.45) is 0 Å². The topological polar surface area (TPSA) is 82.3 Å². The summed E-state index contributed by atoms with van der Waals surface area (Å²) in [4.78, 5) is 23.4. The highest BCUT2D eigenvalue weighted by Crippen LogP contribution is 2.32. The van der Waals surface area contributed by atoms with Crippen molar-refractivity contribution in [3.05, 3.63) is 27.4 Å². The van der Waals surface area contributed by atoms with Crippen LogP contribution in [0.15, 0.2) is 6.07 Å². The van der Waals surface area contributed by atoms with Gasteiger partial charge in [-0.2, -0.15) is 0 Å². The van der Waals surface area contributed by atoms with Crippen molar-refractivity contribution in [1.29, 1.82) is 0 Å². The van der Waals surface area contributed by atoms with Gasteiger partial charge in [0, 0.05) is 0 Å². The fourth-order valence-electron chi connectivity index (χ4n) is 1.11. The third kappa shape index (κ3) is 2.10. The average Bonchev–Trinajstić information content (AvgIpc) is 2.26. The predicted octanol–water partition coefficient (Wildman–Crippen LogP) is 1.75. The fraction of sp³-hybridized carbons (Fsp3) is 0.250. The van der Waals surface area contributed by atoms with Crippen LogP contribution in [0, 0.1) is 10.1 Å². The van der Waals surface area contributed by atoms with Crippen molar-refractivity contribution in [3.8, 4) is 5.88 Å². The molecule has 0 atom stereocenters. The van der Waals surface area contributed by atoms with Gasteiger partial charge >= 0.3 is 0 Å². The summed E-state index contributed by atoms with van der Waals surface area (Å²) in [5, 5.41) is 10.5. The molecular formula is C8H6F2N2O4. The SMILES string of the molecule is COc1cc([N+](=O)[O-])c(C(F)F)c(C=O)n1. The standard InChI is InChI=1S/C8H6F2N2O4/c1-16-6-2-5(12(14)15)7(8(9)10)4(3-13)11-6/h2-3,8H,1H3. The Bertz CT molecular complexity index is 436. The lowest BCUT2D eigenvalue weighted by atomic mass is 10.1. The van der Waals surface area contributed by atoms with Crippen LogP contribution >= 0.6 is 0 Å². The maximum atomic E-state index is 12.5. The van der Waals surface area contributed by atoms with Gasteiger partial charge in [0.25, 0.3) is 12.1 Å². The first-order valence-corrected chi connectivity index (χ1v) is 3.98. The molecule has 16 heavy (non-hydrogen) atoms. The van der Waals surface area contributed by atoms with Crippen LogP contribution in [0.4, 0.5) is 14.5 Å². The number of methoxy groups -OCH3 is 1. The van der Waals surface area contributed by atoms with Crippen LogP contribution in [-0.4, -0.2) is 23.3 Å². The van der Waals surface area contributed by atoms with Gasteiger partial charge in [-0.15, -0.1) is 0 Å². The van der Waals surface area contributed by atoms with Gasteiger partial charge in [-0.25, -0.2) is 13.8 Å². The molecule has 0 unspecified atom stereocenters. The Morgan fingerprint density at radius 3 is 2.62 bits per heavy atom. The van der Waals surface area contributed by atoms with E-state index in [1.54, 1.807) is 0 Å². The van der Waals surface area contributed by atoms with Gasteiger partial charge in [-0.3, -0.25) is 14.9 Å². The normalized spacial score (nSPS) is 10.2. The van der Waals surface area contributed by atoms with Crippen LogP contribution in [-0.2, 0) is 0 Å². The first kappa shape index (κ1) is 12.0. The Labute approximate surface area is 88.0 Å². The number of nitro groups is 1. The number of halogens is 2. The highest BCUT2D eigenvalue weighted by molar-refractivity contribution is 5.77. The number of carbonyl (C=O) groups is 1. The molecule has 0 saturated heterocycles. The molecule has 0 aliphatic carbocycles. The summed E-state index contributed by atoms with van der Waals surface area (Å²) in [6.07, 6.45) is -3.13. The van der Waals surface area contributed by atoms with Crippen LogP contribution in [0.25, 0.3) is 0 Å². The van der Waals surface area contributed by atoms with Crippen LogP contribution in [0.2, 0.25) is 0 Å². The van der Waals surface area contributed by atoms with Crippen molar-refractivity contribution in [2.75, 3.05) is 7.11 Å². The van der Waals surface area contributed by atoms with E-state index in [0.29, 0.717) is 0 Å². The molecule has 86 valence electrons. The molecule has 8 heteroatoms. The third-order valence-electron chi connectivity index (χ3n) is 1.78. The number of hydrogen-bond donors (Lipinski definition) is 0. The zero-order chi connectivity index (χ0) is 12.3. The zero-order valence-corrected chi connectivity index (χ0v) is 8.02. The molecule has 6 nitrogen and oxygen atoms in total. The van der Waals surface area contributed by atoms with Gasteiger partial charge in [0.05, 0.1) is 18.1 Å². The maximum absolute atomic E-state index is 12.5. The highest BCUT2D eigenvalue weighted by atomic mass is 19.3. The highest BCUT2D eigenvalue weighted by Gasteiger charge is 2.28. The Kier molecular flexibility index (Phi) is 3.44. The molecule has 0 fully saturated rings. The van der Waals surface area contributed by atoms with Gasteiger partial charge in [0.2, 0.25) is 5.88 Å². The summed E-state index contributed by atoms with van der Waals surface area (Å²) in [5.41, 5.74) is -2.58. The number of aldehydes is 1. The fourth-order valence-corrected chi connectivity index (χ4v) is 1.11. The first-order valence-electron chi connectivity index (χ1n) is 3.98.